The third kappa shape index (κ3) is 2.87. The predicted octanol–water partition coefficient (Wildman–Crippen LogP) is 2.62. The summed E-state index contributed by atoms with van der Waals surface area (Å²) in [5, 5.41) is 8.54. The van der Waals surface area contributed by atoms with Gasteiger partial charge in [0.25, 0.3) is 5.91 Å². The van der Waals surface area contributed by atoms with E-state index in [1.807, 2.05) is 6.07 Å². The summed E-state index contributed by atoms with van der Waals surface area (Å²) >= 11 is 0. The van der Waals surface area contributed by atoms with Gasteiger partial charge in [-0.25, -0.2) is 13.2 Å². The fourth-order valence-electron chi connectivity index (χ4n) is 1.85. The first kappa shape index (κ1) is 13.4. The van der Waals surface area contributed by atoms with E-state index in [4.69, 9.17) is 5.26 Å². The molecule has 0 aromatic heterocycles. The lowest BCUT2D eigenvalue weighted by atomic mass is 10.1. The van der Waals surface area contributed by atoms with Gasteiger partial charge in [0.05, 0.1) is 12.5 Å². The van der Waals surface area contributed by atoms with Crippen molar-refractivity contribution in [1.29, 1.82) is 5.26 Å². The van der Waals surface area contributed by atoms with Gasteiger partial charge in [0.1, 0.15) is 0 Å². The number of benzene rings is 1. The Bertz CT molecular complexity index is 526. The third-order valence-electron chi connectivity index (χ3n) is 2.94. The Labute approximate surface area is 108 Å². The highest BCUT2D eigenvalue weighted by molar-refractivity contribution is 5.94. The average Bonchev–Trinajstić information content (AvgIpc) is 3.20. The number of hydrogen-bond acceptors (Lipinski definition) is 2. The van der Waals surface area contributed by atoms with Gasteiger partial charge in [0.2, 0.25) is 0 Å². The number of hydrogen-bond donors (Lipinski definition) is 0. The fourth-order valence-corrected chi connectivity index (χ4v) is 1.85. The second-order valence-corrected chi connectivity index (χ2v) is 4.39. The summed E-state index contributed by atoms with van der Waals surface area (Å²) in [7, 11) is 0. The van der Waals surface area contributed by atoms with E-state index in [2.05, 4.69) is 0 Å². The molecule has 19 heavy (non-hydrogen) atoms. The molecule has 3 nitrogen and oxygen atoms in total. The summed E-state index contributed by atoms with van der Waals surface area (Å²) in [5.74, 6) is -4.94. The summed E-state index contributed by atoms with van der Waals surface area (Å²) < 4.78 is 39.0. The van der Waals surface area contributed by atoms with Crippen molar-refractivity contribution in [2.24, 2.45) is 0 Å². The van der Waals surface area contributed by atoms with Gasteiger partial charge in [-0.1, -0.05) is 0 Å². The second-order valence-electron chi connectivity index (χ2n) is 4.39. The first-order chi connectivity index (χ1) is 9.04. The Morgan fingerprint density at radius 1 is 1.32 bits per heavy atom. The molecule has 0 spiro atoms. The van der Waals surface area contributed by atoms with E-state index in [-0.39, 0.29) is 24.6 Å². The maximum Gasteiger partial charge on any atom is 0.254 e. The molecule has 0 radical (unpaired) electrons. The molecule has 1 aliphatic carbocycles. The highest BCUT2D eigenvalue weighted by Crippen LogP contribution is 2.28. The minimum Gasteiger partial charge on any atom is -0.335 e. The zero-order valence-corrected chi connectivity index (χ0v) is 10.00. The van der Waals surface area contributed by atoms with E-state index in [9.17, 15) is 18.0 Å². The Morgan fingerprint density at radius 3 is 2.37 bits per heavy atom. The van der Waals surface area contributed by atoms with Crippen molar-refractivity contribution in [2.75, 3.05) is 6.54 Å². The number of carbonyl (C=O) groups is 1. The lowest BCUT2D eigenvalue weighted by molar-refractivity contribution is 0.0745. The molecule has 6 heteroatoms. The second kappa shape index (κ2) is 5.31. The molecule has 0 aliphatic heterocycles. The average molecular weight is 268 g/mol. The molecule has 1 aromatic carbocycles. The zero-order chi connectivity index (χ0) is 14.0. The number of nitriles is 1. The molecule has 1 fully saturated rings. The lowest BCUT2D eigenvalue weighted by Crippen LogP contribution is -2.34. The number of carbonyl (C=O) groups excluding carboxylic acids is 1. The van der Waals surface area contributed by atoms with Gasteiger partial charge in [0, 0.05) is 18.2 Å². The van der Waals surface area contributed by atoms with E-state index < -0.39 is 23.4 Å². The standard InChI is InChI=1S/C13H11F3N2O/c14-10-6-8(7-11(15)12(10)16)13(19)18(5-1-4-17)9-2-3-9/h6-7,9H,1-3,5H2. The van der Waals surface area contributed by atoms with Gasteiger partial charge in [-0.2, -0.15) is 5.26 Å². The SMILES string of the molecule is N#CCCN(C(=O)c1cc(F)c(F)c(F)c1)C1CC1. The van der Waals surface area contributed by atoms with Crippen molar-refractivity contribution >= 4 is 5.91 Å². The van der Waals surface area contributed by atoms with Gasteiger partial charge in [-0.15, -0.1) is 0 Å². The van der Waals surface area contributed by atoms with Crippen LogP contribution in [0.5, 0.6) is 0 Å². The molecule has 1 aliphatic rings. The van der Waals surface area contributed by atoms with Crippen LogP contribution in [-0.4, -0.2) is 23.4 Å². The first-order valence-electron chi connectivity index (χ1n) is 5.87. The van der Waals surface area contributed by atoms with Gasteiger partial charge in [-0.3, -0.25) is 4.79 Å². The highest BCUT2D eigenvalue weighted by atomic mass is 19.2. The Balaban J connectivity index is 2.24. The lowest BCUT2D eigenvalue weighted by Gasteiger charge is -2.21. The molecule has 0 bridgehead atoms. The highest BCUT2D eigenvalue weighted by Gasteiger charge is 2.33. The molecule has 2 rings (SSSR count). The maximum atomic E-state index is 13.1. The minimum absolute atomic E-state index is 0.0111. The van der Waals surface area contributed by atoms with E-state index in [0.717, 1.165) is 12.8 Å². The van der Waals surface area contributed by atoms with Crippen molar-refractivity contribution in [3.8, 4) is 6.07 Å². The molecule has 0 N–H and O–H groups in total. The van der Waals surface area contributed by atoms with Gasteiger partial charge in [0.15, 0.2) is 17.5 Å². The molecule has 1 aromatic rings. The quantitative estimate of drug-likeness (QED) is 0.788. The maximum absolute atomic E-state index is 13.1. The van der Waals surface area contributed by atoms with Crippen LogP contribution >= 0.6 is 0 Å². The van der Waals surface area contributed by atoms with Crippen molar-refractivity contribution < 1.29 is 18.0 Å². The van der Waals surface area contributed by atoms with Crippen molar-refractivity contribution in [3.63, 3.8) is 0 Å². The van der Waals surface area contributed by atoms with Crippen LogP contribution in [0.3, 0.4) is 0 Å². The smallest absolute Gasteiger partial charge is 0.254 e. The van der Waals surface area contributed by atoms with Gasteiger partial charge < -0.3 is 4.90 Å². The molecule has 100 valence electrons. The van der Waals surface area contributed by atoms with Crippen molar-refractivity contribution in [1.82, 2.24) is 4.90 Å². The molecule has 1 amide bonds. The van der Waals surface area contributed by atoms with E-state index >= 15 is 0 Å². The Hall–Kier alpha value is -2.03. The molecular formula is C13H11F3N2O. The van der Waals surface area contributed by atoms with Crippen molar-refractivity contribution in [3.05, 3.63) is 35.1 Å². The summed E-state index contributed by atoms with van der Waals surface area (Å²) in [6.45, 7) is 0.209. The zero-order valence-electron chi connectivity index (χ0n) is 10.00. The van der Waals surface area contributed by atoms with Crippen LogP contribution in [0.1, 0.15) is 29.6 Å². The first-order valence-corrected chi connectivity index (χ1v) is 5.87. The molecule has 1 saturated carbocycles. The van der Waals surface area contributed by atoms with Crippen LogP contribution in [0.25, 0.3) is 0 Å². The Kier molecular flexibility index (Phi) is 3.74. The number of nitrogens with zero attached hydrogens (tertiary/aromatic N) is 2. The summed E-state index contributed by atoms with van der Waals surface area (Å²) in [6, 6.07) is 3.29. The van der Waals surface area contributed by atoms with Crippen LogP contribution in [0, 0.1) is 28.8 Å². The molecule has 0 heterocycles. The van der Waals surface area contributed by atoms with Crippen LogP contribution in [0.4, 0.5) is 13.2 Å². The predicted molar refractivity (Wildman–Crippen MR) is 60.6 cm³/mol. The topological polar surface area (TPSA) is 44.1 Å². The molecule has 0 atom stereocenters. The van der Waals surface area contributed by atoms with E-state index in [1.54, 1.807) is 0 Å². The summed E-state index contributed by atoms with van der Waals surface area (Å²) in [5.41, 5.74) is -0.235. The Morgan fingerprint density at radius 2 is 1.89 bits per heavy atom. The molecular weight excluding hydrogens is 257 g/mol. The van der Waals surface area contributed by atoms with E-state index in [1.165, 1.54) is 4.90 Å². The fraction of sp³-hybridized carbons (Fsp3) is 0.385. The van der Waals surface area contributed by atoms with Crippen LogP contribution in [-0.2, 0) is 0 Å². The third-order valence-corrected chi connectivity index (χ3v) is 2.94. The van der Waals surface area contributed by atoms with Crippen molar-refractivity contribution in [2.45, 2.75) is 25.3 Å². The summed E-state index contributed by atoms with van der Waals surface area (Å²) in [6.07, 6.45) is 1.76. The number of amides is 1. The van der Waals surface area contributed by atoms with Gasteiger partial charge in [-0.05, 0) is 25.0 Å². The molecule has 0 unspecified atom stereocenters. The van der Waals surface area contributed by atoms with Crippen LogP contribution < -0.4 is 0 Å². The monoisotopic (exact) mass is 268 g/mol. The normalized spacial score (nSPS) is 14.0. The van der Waals surface area contributed by atoms with Gasteiger partial charge >= 0.3 is 0 Å². The largest absolute Gasteiger partial charge is 0.335 e. The summed E-state index contributed by atoms with van der Waals surface area (Å²) in [4.78, 5) is 13.5. The number of halogens is 3. The number of rotatable bonds is 4. The van der Waals surface area contributed by atoms with Crippen LogP contribution in [0.2, 0.25) is 0 Å². The van der Waals surface area contributed by atoms with E-state index in [0.29, 0.717) is 12.1 Å². The minimum atomic E-state index is -1.59. The molecule has 0 saturated heterocycles. The van der Waals surface area contributed by atoms with Crippen LogP contribution in [0.15, 0.2) is 12.1 Å².